The second kappa shape index (κ2) is 11.3. The first-order valence-corrected chi connectivity index (χ1v) is 12.3. The third-order valence-electron chi connectivity index (χ3n) is 6.26. The number of hydrogen-bond acceptors (Lipinski definition) is 3. The molecule has 0 aliphatic rings. The van der Waals surface area contributed by atoms with E-state index >= 15 is 0 Å². The van der Waals surface area contributed by atoms with Gasteiger partial charge in [-0.05, 0) is 61.9 Å². The molecule has 176 valence electrons. The summed E-state index contributed by atoms with van der Waals surface area (Å²) in [6.07, 6.45) is 4.19. The molecule has 33 heavy (non-hydrogen) atoms. The van der Waals surface area contributed by atoms with E-state index in [-0.39, 0.29) is 17.5 Å². The molecule has 1 heterocycles. The fourth-order valence-electron chi connectivity index (χ4n) is 4.10. The van der Waals surface area contributed by atoms with Crippen LogP contribution in [0.2, 0.25) is 0 Å². The number of benzene rings is 2. The van der Waals surface area contributed by atoms with Crippen LogP contribution in [0, 0.1) is 5.92 Å². The first-order valence-electron chi connectivity index (χ1n) is 12.3. The van der Waals surface area contributed by atoms with Crippen LogP contribution in [0.15, 0.2) is 53.3 Å². The maximum atomic E-state index is 13.7. The maximum absolute atomic E-state index is 13.7. The van der Waals surface area contributed by atoms with Gasteiger partial charge in [-0.2, -0.15) is 0 Å². The Morgan fingerprint density at radius 2 is 1.73 bits per heavy atom. The smallest absolute Gasteiger partial charge is 0.266 e. The molecule has 5 heteroatoms. The Hall–Kier alpha value is -2.95. The number of para-hydroxylation sites is 1. The zero-order valence-corrected chi connectivity index (χ0v) is 20.7. The Kier molecular flexibility index (Phi) is 8.43. The number of fused-ring (bicyclic) bond motifs is 1. The molecule has 1 aromatic heterocycles. The lowest BCUT2D eigenvalue weighted by molar-refractivity contribution is -0.133. The Labute approximate surface area is 197 Å². The quantitative estimate of drug-likeness (QED) is 0.379. The molecule has 0 bridgehead atoms. The molecule has 0 saturated carbocycles. The minimum absolute atomic E-state index is 0.100. The Morgan fingerprint density at radius 3 is 2.36 bits per heavy atom. The van der Waals surface area contributed by atoms with Crippen LogP contribution >= 0.6 is 0 Å². The number of nitrogens with zero attached hydrogens (tertiary/aromatic N) is 3. The number of carbonyl (C=O) groups is 1. The van der Waals surface area contributed by atoms with Crippen LogP contribution in [0.1, 0.15) is 77.7 Å². The van der Waals surface area contributed by atoms with E-state index in [2.05, 4.69) is 27.7 Å². The Bertz CT molecular complexity index is 1130. The molecule has 1 amide bonds. The first kappa shape index (κ1) is 24.7. The van der Waals surface area contributed by atoms with Gasteiger partial charge in [-0.3, -0.25) is 14.2 Å². The summed E-state index contributed by atoms with van der Waals surface area (Å²) in [7, 11) is 0. The molecule has 0 aliphatic heterocycles. The highest BCUT2D eigenvalue weighted by molar-refractivity contribution is 5.79. The van der Waals surface area contributed by atoms with Gasteiger partial charge in [0.2, 0.25) is 5.91 Å². The average molecular weight is 448 g/mol. The number of rotatable bonds is 10. The number of amides is 1. The van der Waals surface area contributed by atoms with E-state index in [1.807, 2.05) is 60.4 Å². The zero-order chi connectivity index (χ0) is 24.0. The molecule has 1 atom stereocenters. The zero-order valence-electron chi connectivity index (χ0n) is 20.7. The molecule has 0 saturated heterocycles. The van der Waals surface area contributed by atoms with Crippen molar-refractivity contribution >= 4 is 16.8 Å². The standard InChI is InChI=1S/C28H37N3O2/c1-6-8-13-26(32)30(19-18-20(3)4)21(5)27-29-25-12-10-9-11-24(25)28(33)31(27)23-16-14-22(7-2)15-17-23/h9-12,14-17,20-21H,6-8,13,18-19H2,1-5H3. The van der Waals surface area contributed by atoms with Crippen LogP contribution < -0.4 is 5.56 Å². The van der Waals surface area contributed by atoms with Gasteiger partial charge in [0, 0.05) is 13.0 Å². The minimum Gasteiger partial charge on any atom is -0.333 e. The normalized spacial score (nSPS) is 12.3. The number of carbonyl (C=O) groups excluding carboxylic acids is 1. The van der Waals surface area contributed by atoms with Crippen LogP contribution in [0.3, 0.4) is 0 Å². The van der Waals surface area contributed by atoms with E-state index in [9.17, 15) is 9.59 Å². The molecule has 0 aliphatic carbocycles. The van der Waals surface area contributed by atoms with Crippen molar-refractivity contribution in [1.29, 1.82) is 0 Å². The monoisotopic (exact) mass is 447 g/mol. The summed E-state index contributed by atoms with van der Waals surface area (Å²) in [5.74, 6) is 1.21. The van der Waals surface area contributed by atoms with Gasteiger partial charge in [-0.25, -0.2) is 4.98 Å². The van der Waals surface area contributed by atoms with E-state index in [4.69, 9.17) is 4.98 Å². The predicted molar refractivity (Wildman–Crippen MR) is 136 cm³/mol. The Balaban J connectivity index is 2.16. The fourth-order valence-corrected chi connectivity index (χ4v) is 4.10. The third kappa shape index (κ3) is 5.70. The topological polar surface area (TPSA) is 55.2 Å². The summed E-state index contributed by atoms with van der Waals surface area (Å²) in [4.78, 5) is 33.7. The van der Waals surface area contributed by atoms with Crippen molar-refractivity contribution in [1.82, 2.24) is 14.5 Å². The second-order valence-electron chi connectivity index (χ2n) is 9.20. The van der Waals surface area contributed by atoms with E-state index in [1.54, 1.807) is 4.57 Å². The molecule has 5 nitrogen and oxygen atoms in total. The van der Waals surface area contributed by atoms with Crippen molar-refractivity contribution in [2.75, 3.05) is 6.54 Å². The van der Waals surface area contributed by atoms with Crippen molar-refractivity contribution < 1.29 is 4.79 Å². The molecule has 0 radical (unpaired) electrons. The van der Waals surface area contributed by atoms with Gasteiger partial charge in [0.05, 0.1) is 22.6 Å². The summed E-state index contributed by atoms with van der Waals surface area (Å²) >= 11 is 0. The third-order valence-corrected chi connectivity index (χ3v) is 6.26. The highest BCUT2D eigenvalue weighted by atomic mass is 16.2. The van der Waals surface area contributed by atoms with Crippen molar-refractivity contribution in [3.05, 3.63) is 70.3 Å². The summed E-state index contributed by atoms with van der Waals surface area (Å²) in [5.41, 5.74) is 2.55. The van der Waals surface area contributed by atoms with Gasteiger partial charge in [-0.1, -0.05) is 58.4 Å². The van der Waals surface area contributed by atoms with Gasteiger partial charge < -0.3 is 4.90 Å². The molecule has 0 spiro atoms. The lowest BCUT2D eigenvalue weighted by Gasteiger charge is -2.31. The van der Waals surface area contributed by atoms with Gasteiger partial charge >= 0.3 is 0 Å². The van der Waals surface area contributed by atoms with Gasteiger partial charge in [-0.15, -0.1) is 0 Å². The SMILES string of the molecule is CCCCC(=O)N(CCC(C)C)C(C)c1nc2ccccc2c(=O)n1-c1ccc(CC)cc1. The summed E-state index contributed by atoms with van der Waals surface area (Å²) in [6.45, 7) is 11.2. The van der Waals surface area contributed by atoms with E-state index in [1.165, 1.54) is 5.56 Å². The molecule has 2 aromatic carbocycles. The number of unbranched alkanes of at least 4 members (excludes halogenated alkanes) is 1. The van der Waals surface area contributed by atoms with E-state index < -0.39 is 0 Å². The van der Waals surface area contributed by atoms with Crippen molar-refractivity contribution in [3.63, 3.8) is 0 Å². The number of aromatic nitrogens is 2. The van der Waals surface area contributed by atoms with Crippen LogP contribution in [-0.2, 0) is 11.2 Å². The minimum atomic E-state index is -0.323. The fraction of sp³-hybridized carbons (Fsp3) is 0.464. The molecule has 1 unspecified atom stereocenters. The lowest BCUT2D eigenvalue weighted by Crippen LogP contribution is -2.38. The van der Waals surface area contributed by atoms with Crippen molar-refractivity contribution in [2.45, 2.75) is 72.8 Å². The second-order valence-corrected chi connectivity index (χ2v) is 9.20. The van der Waals surface area contributed by atoms with Crippen LogP contribution in [0.4, 0.5) is 0 Å². The summed E-state index contributed by atoms with van der Waals surface area (Å²) in [6, 6.07) is 15.2. The van der Waals surface area contributed by atoms with Crippen molar-refractivity contribution in [3.8, 4) is 5.69 Å². The van der Waals surface area contributed by atoms with Gasteiger partial charge in [0.1, 0.15) is 5.82 Å². The van der Waals surface area contributed by atoms with Gasteiger partial charge in [0.25, 0.3) is 5.56 Å². The van der Waals surface area contributed by atoms with Crippen LogP contribution in [-0.4, -0.2) is 26.9 Å². The van der Waals surface area contributed by atoms with E-state index in [0.717, 1.165) is 31.4 Å². The summed E-state index contributed by atoms with van der Waals surface area (Å²) < 4.78 is 1.70. The summed E-state index contributed by atoms with van der Waals surface area (Å²) in [5, 5.41) is 0.582. The Morgan fingerprint density at radius 1 is 1.03 bits per heavy atom. The predicted octanol–water partition coefficient (Wildman–Crippen LogP) is 6.07. The van der Waals surface area contributed by atoms with E-state index in [0.29, 0.717) is 35.6 Å². The van der Waals surface area contributed by atoms with Crippen LogP contribution in [0.5, 0.6) is 0 Å². The highest BCUT2D eigenvalue weighted by Crippen LogP contribution is 2.25. The van der Waals surface area contributed by atoms with Gasteiger partial charge in [0.15, 0.2) is 0 Å². The number of hydrogen-bond donors (Lipinski definition) is 0. The average Bonchev–Trinajstić information content (AvgIpc) is 2.82. The highest BCUT2D eigenvalue weighted by Gasteiger charge is 2.26. The van der Waals surface area contributed by atoms with Crippen LogP contribution in [0.25, 0.3) is 16.6 Å². The lowest BCUT2D eigenvalue weighted by atomic mass is 10.1. The first-order chi connectivity index (χ1) is 15.9. The molecule has 0 N–H and O–H groups in total. The maximum Gasteiger partial charge on any atom is 0.266 e. The molecule has 3 aromatic rings. The molecular weight excluding hydrogens is 410 g/mol. The molecular formula is C28H37N3O2. The number of aryl methyl sites for hydroxylation is 1. The molecule has 0 fully saturated rings. The molecule has 3 rings (SSSR count). The largest absolute Gasteiger partial charge is 0.333 e. The van der Waals surface area contributed by atoms with Crippen molar-refractivity contribution in [2.24, 2.45) is 5.92 Å².